The van der Waals surface area contributed by atoms with Crippen molar-refractivity contribution in [2.75, 3.05) is 13.2 Å². The second-order valence-electron chi connectivity index (χ2n) is 9.84. The maximum atomic E-state index is 13.0. The van der Waals surface area contributed by atoms with Gasteiger partial charge in [0.2, 0.25) is 5.91 Å². The van der Waals surface area contributed by atoms with E-state index in [0.29, 0.717) is 28.4 Å². The molecule has 214 valence electrons. The van der Waals surface area contributed by atoms with Crippen molar-refractivity contribution in [1.29, 1.82) is 0 Å². The van der Waals surface area contributed by atoms with Gasteiger partial charge < -0.3 is 30.0 Å². The molecule has 2 aromatic carbocycles. The molecule has 0 saturated heterocycles. The molecule has 0 aliphatic heterocycles. The van der Waals surface area contributed by atoms with Gasteiger partial charge in [-0.25, -0.2) is 4.98 Å². The maximum absolute atomic E-state index is 13.0. The molecule has 4 rings (SSSR count). The number of pyridine rings is 1. The van der Waals surface area contributed by atoms with E-state index in [9.17, 15) is 14.7 Å². The first-order valence-electron chi connectivity index (χ1n) is 13.0. The molecule has 0 saturated carbocycles. The van der Waals surface area contributed by atoms with E-state index in [2.05, 4.69) is 10.6 Å². The van der Waals surface area contributed by atoms with Gasteiger partial charge in [0.05, 0.1) is 29.0 Å². The molecule has 2 atom stereocenters. The van der Waals surface area contributed by atoms with Gasteiger partial charge in [0.25, 0.3) is 5.91 Å². The van der Waals surface area contributed by atoms with Gasteiger partial charge in [0.15, 0.2) is 0 Å². The maximum Gasteiger partial charge on any atom is 0.251 e. The van der Waals surface area contributed by atoms with E-state index in [-0.39, 0.29) is 49.7 Å². The van der Waals surface area contributed by atoms with Crippen molar-refractivity contribution < 1.29 is 55.7 Å². The number of amides is 2. The van der Waals surface area contributed by atoms with Crippen molar-refractivity contribution in [3.8, 4) is 17.0 Å². The number of hydrogen-bond acceptors (Lipinski definition) is 6. The molecule has 1 unspecified atom stereocenters. The molecule has 0 fully saturated rings. The van der Waals surface area contributed by atoms with Crippen LogP contribution in [0.25, 0.3) is 16.9 Å². The molecule has 41 heavy (non-hydrogen) atoms. The molecule has 0 aliphatic rings. The van der Waals surface area contributed by atoms with Gasteiger partial charge in [-0.2, -0.15) is 0 Å². The van der Waals surface area contributed by atoms with Crippen LogP contribution in [0.3, 0.4) is 0 Å². The number of fused-ring (bicyclic) bond motifs is 1. The number of hydrogen-bond donors (Lipinski definition) is 4. The Balaban J connectivity index is 0.00000462. The van der Waals surface area contributed by atoms with Crippen LogP contribution >= 0.6 is 11.6 Å². The van der Waals surface area contributed by atoms with Gasteiger partial charge in [0.1, 0.15) is 18.0 Å². The van der Waals surface area contributed by atoms with Crippen LogP contribution in [0.1, 0.15) is 48.4 Å². The zero-order valence-electron chi connectivity index (χ0n) is 23.1. The van der Waals surface area contributed by atoms with E-state index in [0.717, 1.165) is 22.4 Å². The summed E-state index contributed by atoms with van der Waals surface area (Å²) >= 11 is 6.31. The zero-order valence-corrected chi connectivity index (χ0v) is 28.0. The minimum atomic E-state index is -0.641. The van der Waals surface area contributed by atoms with Gasteiger partial charge >= 0.3 is 0 Å². The monoisotopic (exact) mass is 802 g/mol. The first kappa shape index (κ1) is 32.6. The number of carbonyl (C=O) groups excluding carboxylic acids is 2. The van der Waals surface area contributed by atoms with Crippen molar-refractivity contribution in [2.24, 2.45) is 0 Å². The Labute approximate surface area is 267 Å². The first-order chi connectivity index (χ1) is 19.1. The van der Waals surface area contributed by atoms with E-state index >= 15 is 0 Å². The van der Waals surface area contributed by atoms with Crippen molar-refractivity contribution in [1.82, 2.24) is 20.0 Å². The average molecular weight is 803 g/mol. The Bertz CT molecular complexity index is 1490. The molecule has 2 aromatic heterocycles. The van der Waals surface area contributed by atoms with E-state index in [4.69, 9.17) is 26.4 Å². The second kappa shape index (κ2) is 14.9. The van der Waals surface area contributed by atoms with Crippen LogP contribution in [-0.2, 0) is 11.2 Å². The number of carbonyl (C=O) groups is 2. The number of rotatable bonds is 11. The van der Waals surface area contributed by atoms with E-state index in [1.54, 1.807) is 25.1 Å². The predicted octanol–water partition coefficient (Wildman–Crippen LogP) is 3.94. The SMILES string of the molecule is CC(C)Oc1ccc(C(=O)N[C@H](CNC(=O)CO)Cc2ccc(-c3cn4cccc(C(C)O)c4n3)cc2)cc1Cl.[U]. The van der Waals surface area contributed by atoms with Gasteiger partial charge in [-0.15, -0.1) is 0 Å². The van der Waals surface area contributed by atoms with Gasteiger partial charge in [-0.3, -0.25) is 9.59 Å². The summed E-state index contributed by atoms with van der Waals surface area (Å²) in [6, 6.07) is 15.9. The summed E-state index contributed by atoms with van der Waals surface area (Å²) in [4.78, 5) is 29.5. The largest absolute Gasteiger partial charge is 0.489 e. The Morgan fingerprint density at radius 3 is 2.46 bits per heavy atom. The van der Waals surface area contributed by atoms with Gasteiger partial charge in [-0.1, -0.05) is 41.9 Å². The Morgan fingerprint density at radius 2 is 1.83 bits per heavy atom. The number of nitrogens with one attached hydrogen (secondary N) is 2. The van der Waals surface area contributed by atoms with Crippen LogP contribution < -0.4 is 15.4 Å². The second-order valence-corrected chi connectivity index (χ2v) is 10.2. The molecule has 0 aliphatic carbocycles. The van der Waals surface area contributed by atoms with Gasteiger partial charge in [-0.05, 0) is 57.0 Å². The van der Waals surface area contributed by atoms with E-state index in [1.165, 1.54) is 0 Å². The molecule has 4 N–H and O–H groups in total. The van der Waals surface area contributed by atoms with Crippen LogP contribution in [0.15, 0.2) is 67.0 Å². The Kier molecular flexibility index (Phi) is 11.8. The fraction of sp³-hybridized carbons (Fsp3) is 0.300. The number of imidazole rings is 1. The van der Waals surface area contributed by atoms with Crippen LogP contribution in [0.5, 0.6) is 5.75 Å². The number of halogens is 1. The summed E-state index contributed by atoms with van der Waals surface area (Å²) in [7, 11) is 0. The van der Waals surface area contributed by atoms with Crippen LogP contribution in [-0.4, -0.2) is 56.7 Å². The third kappa shape index (κ3) is 8.57. The molecular formula is C30H33ClN4O5U. The fourth-order valence-corrected chi connectivity index (χ4v) is 4.55. The molecular weight excluding hydrogens is 770 g/mol. The number of aromatic nitrogens is 2. The minimum absolute atomic E-state index is 0. The van der Waals surface area contributed by atoms with Gasteiger partial charge in [0, 0.05) is 66.7 Å². The summed E-state index contributed by atoms with van der Waals surface area (Å²) in [6.07, 6.45) is 3.53. The number of aliphatic hydroxyl groups excluding tert-OH is 2. The normalized spacial score (nSPS) is 12.5. The minimum Gasteiger partial charge on any atom is -0.489 e. The van der Waals surface area contributed by atoms with Crippen molar-refractivity contribution in [2.45, 2.75) is 45.4 Å². The smallest absolute Gasteiger partial charge is 0.251 e. The number of ether oxygens (including phenoxy) is 1. The molecule has 0 spiro atoms. The average Bonchev–Trinajstić information content (AvgIpc) is 3.37. The summed E-state index contributed by atoms with van der Waals surface area (Å²) in [5, 5.41) is 25.1. The quantitative estimate of drug-likeness (QED) is 0.182. The van der Waals surface area contributed by atoms with Crippen LogP contribution in [0.4, 0.5) is 0 Å². The van der Waals surface area contributed by atoms with E-state index in [1.807, 2.05) is 67.0 Å². The molecule has 0 bridgehead atoms. The topological polar surface area (TPSA) is 125 Å². The standard InChI is InChI=1S/C30H33ClN4O5.U/c1-18(2)40-27-11-10-22(14-25(27)31)30(39)33-23(15-32-28(38)17-36)13-20-6-8-21(9-7-20)26-16-35-12-4-5-24(19(3)37)29(35)34-26;/h4-12,14,16,18-19,23,36-37H,13,15,17H2,1-3H3,(H,32,38)(H,33,39);/t19?,23-;/m0./s1. The number of nitrogens with zero attached hydrogens (tertiary/aromatic N) is 2. The summed E-state index contributed by atoms with van der Waals surface area (Å²) in [5.41, 5.74) is 4.40. The fourth-order valence-electron chi connectivity index (χ4n) is 4.32. The number of benzene rings is 2. The molecule has 11 heteroatoms. The van der Waals surface area contributed by atoms with E-state index < -0.39 is 24.7 Å². The molecule has 2 heterocycles. The van der Waals surface area contributed by atoms with Crippen molar-refractivity contribution in [3.05, 3.63) is 88.7 Å². The van der Waals surface area contributed by atoms with Crippen LogP contribution in [0, 0.1) is 31.1 Å². The third-order valence-corrected chi connectivity index (χ3v) is 6.57. The number of aliphatic hydroxyl groups is 2. The summed E-state index contributed by atoms with van der Waals surface area (Å²) in [5.74, 6) is -0.388. The predicted molar refractivity (Wildman–Crippen MR) is 154 cm³/mol. The zero-order chi connectivity index (χ0) is 28.8. The first-order valence-corrected chi connectivity index (χ1v) is 13.4. The molecule has 2 amide bonds. The molecule has 9 nitrogen and oxygen atoms in total. The summed E-state index contributed by atoms with van der Waals surface area (Å²) < 4.78 is 7.52. The Hall–Kier alpha value is -2.87. The van der Waals surface area contributed by atoms with Crippen LogP contribution in [0.2, 0.25) is 5.02 Å². The van der Waals surface area contributed by atoms with Crippen molar-refractivity contribution >= 4 is 29.1 Å². The molecule has 0 radical (unpaired) electrons. The Morgan fingerprint density at radius 1 is 1.10 bits per heavy atom. The molecule has 4 aromatic rings. The third-order valence-electron chi connectivity index (χ3n) is 6.28. The summed E-state index contributed by atoms with van der Waals surface area (Å²) in [6.45, 7) is 4.97. The van der Waals surface area contributed by atoms with Crippen molar-refractivity contribution in [3.63, 3.8) is 0 Å².